The number of hydrogen-bond acceptors (Lipinski definition) is 16. The Morgan fingerprint density at radius 1 is 0.639 bits per heavy atom. The van der Waals surface area contributed by atoms with Gasteiger partial charge in [0.1, 0.15) is 58.5 Å². The van der Waals surface area contributed by atoms with Crippen LogP contribution in [0.25, 0.3) is 21.9 Å². The lowest BCUT2D eigenvalue weighted by Gasteiger charge is -2.47. The van der Waals surface area contributed by atoms with Gasteiger partial charge in [-0.2, -0.15) is 0 Å². The Bertz CT molecular complexity index is 2310. The second kappa shape index (κ2) is 19.0. The Hall–Kier alpha value is -4.92. The number of carbonyl (C=O) groups is 2. The summed E-state index contributed by atoms with van der Waals surface area (Å²) in [5.74, 6) is -0.823. The molecule has 0 aliphatic carbocycles. The quantitative estimate of drug-likeness (QED) is 0.0696. The van der Waals surface area contributed by atoms with Gasteiger partial charge in [-0.15, -0.1) is 0 Å². The monoisotopic (exact) mass is 854 g/mol. The maximum Gasteiger partial charge on any atom is 0.360 e. The summed E-state index contributed by atoms with van der Waals surface area (Å²) in [6.45, 7) is 7.11. The Morgan fingerprint density at radius 3 is 1.56 bits per heavy atom. The predicted octanol–water partition coefficient (Wildman–Crippen LogP) is 3.57. The van der Waals surface area contributed by atoms with E-state index in [2.05, 4.69) is 10.6 Å². The van der Waals surface area contributed by atoms with Gasteiger partial charge in [-0.25, -0.2) is 9.59 Å². The zero-order valence-electron chi connectivity index (χ0n) is 34.9. The molecule has 2 aromatic heterocycles. The van der Waals surface area contributed by atoms with Crippen molar-refractivity contribution < 1.29 is 67.3 Å². The average molecular weight is 855 g/mol. The van der Waals surface area contributed by atoms with Gasteiger partial charge < -0.3 is 68.3 Å². The summed E-state index contributed by atoms with van der Waals surface area (Å²) in [5.41, 5.74) is -3.12. The minimum absolute atomic E-state index is 0.0328. The Labute approximate surface area is 350 Å². The van der Waals surface area contributed by atoms with Crippen LogP contribution >= 0.6 is 0 Å². The minimum atomic E-state index is -1.41. The fraction of sp³-hybridized carbons (Fsp3) is 0.535. The molecule has 18 heteroatoms. The first-order valence-electron chi connectivity index (χ1n) is 20.1. The highest BCUT2D eigenvalue weighted by atomic mass is 16.7. The highest BCUT2D eigenvalue weighted by molar-refractivity contribution is 5.93. The van der Waals surface area contributed by atoms with E-state index in [1.165, 1.54) is 38.5 Å². The number of aliphatic hydroxyl groups is 4. The molecule has 0 spiro atoms. The number of carbonyl (C=O) groups excluding carboxylic acids is 2. The van der Waals surface area contributed by atoms with Crippen molar-refractivity contribution in [2.24, 2.45) is 5.92 Å². The maximum absolute atomic E-state index is 12.8. The van der Waals surface area contributed by atoms with Crippen molar-refractivity contribution in [3.8, 4) is 11.5 Å². The summed E-state index contributed by atoms with van der Waals surface area (Å²) in [6.07, 6.45) is -5.92. The second-order valence-electron chi connectivity index (χ2n) is 16.4. The topological polar surface area (TPSA) is 255 Å². The first-order chi connectivity index (χ1) is 28.9. The van der Waals surface area contributed by atoms with Crippen LogP contribution in [0.15, 0.2) is 67.0 Å². The molecule has 4 heterocycles. The molecule has 6 N–H and O–H groups in total. The number of anilines is 2. The molecule has 2 aromatic carbocycles. The number of rotatable bonds is 16. The number of hydrogen-bond donors (Lipinski definition) is 6. The smallest absolute Gasteiger partial charge is 0.360 e. The SMILES string of the molecule is COCC1C(O)[C@H](O)[C@H](Oc2ccc3cc(NC(=O)CCCCCCC(=O)Nc4cc5ccc(O[C@@H]6OC(C)(C)[C@H](OC)C(O)C6O)cc5oc4=O)c(=O)oc3c2)OC1(C)C. The summed E-state index contributed by atoms with van der Waals surface area (Å²) in [5, 5.41) is 48.6. The van der Waals surface area contributed by atoms with E-state index in [0.29, 0.717) is 36.5 Å². The van der Waals surface area contributed by atoms with E-state index in [-0.39, 0.29) is 65.3 Å². The number of amides is 2. The van der Waals surface area contributed by atoms with E-state index in [9.17, 15) is 39.6 Å². The molecule has 4 unspecified atom stereocenters. The van der Waals surface area contributed by atoms with Crippen LogP contribution in [0.3, 0.4) is 0 Å². The zero-order valence-corrected chi connectivity index (χ0v) is 34.9. The van der Waals surface area contributed by atoms with Gasteiger partial charge >= 0.3 is 11.3 Å². The number of nitrogens with one attached hydrogen (secondary N) is 2. The summed E-state index contributed by atoms with van der Waals surface area (Å²) in [7, 11) is 2.91. The van der Waals surface area contributed by atoms with E-state index in [0.717, 1.165) is 0 Å². The summed E-state index contributed by atoms with van der Waals surface area (Å²) in [6, 6.07) is 12.3. The number of unbranched alkanes of at least 4 members (excludes halogenated alkanes) is 3. The molecule has 332 valence electrons. The molecule has 2 aliphatic heterocycles. The summed E-state index contributed by atoms with van der Waals surface area (Å²) in [4.78, 5) is 50.8. The number of ether oxygens (including phenoxy) is 6. The zero-order chi connectivity index (χ0) is 44.2. The molecule has 61 heavy (non-hydrogen) atoms. The fourth-order valence-corrected chi connectivity index (χ4v) is 7.67. The third kappa shape index (κ3) is 10.6. The van der Waals surface area contributed by atoms with Gasteiger partial charge in [0.05, 0.1) is 23.9 Å². The first kappa shape index (κ1) is 45.6. The van der Waals surface area contributed by atoms with Crippen molar-refractivity contribution in [1.82, 2.24) is 0 Å². The molecule has 2 fully saturated rings. The van der Waals surface area contributed by atoms with Crippen LogP contribution in [-0.2, 0) is 28.5 Å². The molecule has 2 amide bonds. The standard InChI is InChI=1S/C43H54N2O16/c1-42(2)26(21-54-5)33(48)35(50)40(60-42)56-24-15-13-22-17-27(38(52)58-29(22)19-24)44-31(46)11-9-7-8-10-12-32(47)45-28-18-23-14-16-25(20-30(23)59-39(28)53)57-41-36(51)34(49)37(55-6)43(3,4)61-41/h13-20,26,33-37,40-41,48-51H,7-12,21H2,1-6H3,(H,44,46)(H,45,47)/t26?,33?,34?,35-,36?,37+,40+,41+/m0/s1. The number of aliphatic hydroxyl groups excluding tert-OH is 4. The van der Waals surface area contributed by atoms with Crippen LogP contribution in [0.5, 0.6) is 11.5 Å². The highest BCUT2D eigenvalue weighted by Crippen LogP contribution is 2.37. The highest BCUT2D eigenvalue weighted by Gasteiger charge is 2.51. The minimum Gasteiger partial charge on any atom is -0.462 e. The third-order valence-electron chi connectivity index (χ3n) is 11.0. The molecule has 8 atom stereocenters. The van der Waals surface area contributed by atoms with Crippen molar-refractivity contribution in [2.45, 2.75) is 121 Å². The molecular weight excluding hydrogens is 800 g/mol. The Kier molecular flexibility index (Phi) is 14.2. The first-order valence-corrected chi connectivity index (χ1v) is 20.1. The van der Waals surface area contributed by atoms with Crippen LogP contribution in [0.1, 0.15) is 66.2 Å². The molecule has 0 radical (unpaired) electrons. The van der Waals surface area contributed by atoms with E-state index in [1.54, 1.807) is 52.0 Å². The molecule has 18 nitrogen and oxygen atoms in total. The number of methoxy groups -OCH3 is 2. The van der Waals surface area contributed by atoms with Gasteiger partial charge in [-0.1, -0.05) is 12.8 Å². The molecule has 0 bridgehead atoms. The third-order valence-corrected chi connectivity index (χ3v) is 11.0. The lowest BCUT2D eigenvalue weighted by atomic mass is 9.81. The van der Waals surface area contributed by atoms with E-state index < -0.39 is 71.5 Å². The van der Waals surface area contributed by atoms with Gasteiger partial charge in [-0.3, -0.25) is 9.59 Å². The van der Waals surface area contributed by atoms with Gasteiger partial charge in [0.25, 0.3) is 0 Å². The van der Waals surface area contributed by atoms with Crippen molar-refractivity contribution in [1.29, 1.82) is 0 Å². The average Bonchev–Trinajstić information content (AvgIpc) is 3.19. The van der Waals surface area contributed by atoms with Crippen LogP contribution in [0, 0.1) is 5.92 Å². The van der Waals surface area contributed by atoms with Crippen molar-refractivity contribution in [2.75, 3.05) is 31.5 Å². The lowest BCUT2D eigenvalue weighted by molar-refractivity contribution is -0.305. The van der Waals surface area contributed by atoms with Crippen LogP contribution < -0.4 is 31.4 Å². The number of fused-ring (bicyclic) bond motifs is 2. The molecular formula is C43H54N2O16. The van der Waals surface area contributed by atoms with Crippen LogP contribution in [-0.4, -0.2) is 107 Å². The van der Waals surface area contributed by atoms with Gasteiger partial charge in [0.15, 0.2) is 0 Å². The molecule has 0 saturated carbocycles. The molecule has 2 aliphatic rings. The lowest BCUT2D eigenvalue weighted by Crippen LogP contribution is -2.63. The summed E-state index contributed by atoms with van der Waals surface area (Å²) < 4.78 is 44.8. The van der Waals surface area contributed by atoms with Crippen molar-refractivity contribution in [3.63, 3.8) is 0 Å². The van der Waals surface area contributed by atoms with E-state index in [4.69, 9.17) is 37.3 Å². The summed E-state index contributed by atoms with van der Waals surface area (Å²) >= 11 is 0. The normalized spacial score (nSPS) is 25.9. The van der Waals surface area contributed by atoms with E-state index >= 15 is 0 Å². The Balaban J connectivity index is 0.927. The van der Waals surface area contributed by atoms with Gasteiger partial charge in [0, 0.05) is 55.9 Å². The number of benzene rings is 2. The molecule has 6 rings (SSSR count). The van der Waals surface area contributed by atoms with Gasteiger partial charge in [-0.05, 0) is 76.9 Å². The van der Waals surface area contributed by atoms with Crippen LogP contribution in [0.2, 0.25) is 0 Å². The van der Waals surface area contributed by atoms with E-state index in [1.807, 2.05) is 0 Å². The second-order valence-corrected chi connectivity index (χ2v) is 16.4. The molecule has 2 saturated heterocycles. The van der Waals surface area contributed by atoms with Crippen molar-refractivity contribution in [3.05, 3.63) is 69.4 Å². The Morgan fingerprint density at radius 2 is 1.10 bits per heavy atom. The fourth-order valence-electron chi connectivity index (χ4n) is 7.67. The largest absolute Gasteiger partial charge is 0.462 e. The maximum atomic E-state index is 12.8. The van der Waals surface area contributed by atoms with Crippen molar-refractivity contribution >= 4 is 45.1 Å². The molecule has 4 aromatic rings. The van der Waals surface area contributed by atoms with Crippen LogP contribution in [0.4, 0.5) is 11.4 Å². The predicted molar refractivity (Wildman–Crippen MR) is 219 cm³/mol. The van der Waals surface area contributed by atoms with Gasteiger partial charge in [0.2, 0.25) is 24.4 Å².